The molecule has 1 heterocycles. The number of anilines is 1. The van der Waals surface area contributed by atoms with Crippen molar-refractivity contribution in [3.05, 3.63) is 30.1 Å². The summed E-state index contributed by atoms with van der Waals surface area (Å²) in [6.07, 6.45) is 2.54. The lowest BCUT2D eigenvalue weighted by Crippen LogP contribution is -2.33. The van der Waals surface area contributed by atoms with Crippen LogP contribution in [0.15, 0.2) is 24.3 Å². The van der Waals surface area contributed by atoms with Crippen LogP contribution in [-0.4, -0.2) is 19.6 Å². The molecular weight excluding hydrogens is 191 g/mol. The lowest BCUT2D eigenvalue weighted by atomic mass is 10.00. The molecule has 1 aromatic rings. The van der Waals surface area contributed by atoms with Crippen molar-refractivity contribution < 1.29 is 4.39 Å². The van der Waals surface area contributed by atoms with E-state index < -0.39 is 0 Å². The van der Waals surface area contributed by atoms with Gasteiger partial charge < -0.3 is 10.6 Å². The van der Waals surface area contributed by atoms with Crippen LogP contribution in [-0.2, 0) is 0 Å². The molecule has 2 N–H and O–H groups in total. The summed E-state index contributed by atoms with van der Waals surface area (Å²) < 4.78 is 12.6. The first kappa shape index (κ1) is 10.4. The van der Waals surface area contributed by atoms with Gasteiger partial charge in [-0.2, -0.15) is 0 Å². The van der Waals surface area contributed by atoms with Crippen molar-refractivity contribution in [1.82, 2.24) is 5.32 Å². The highest BCUT2D eigenvalue weighted by Crippen LogP contribution is 2.13. The molecule has 0 aromatic heterocycles. The van der Waals surface area contributed by atoms with Crippen LogP contribution in [0.4, 0.5) is 10.1 Å². The van der Waals surface area contributed by atoms with E-state index in [2.05, 4.69) is 10.6 Å². The van der Waals surface area contributed by atoms with E-state index >= 15 is 0 Å². The number of nitrogens with one attached hydrogen (secondary N) is 2. The van der Waals surface area contributed by atoms with Gasteiger partial charge >= 0.3 is 0 Å². The van der Waals surface area contributed by atoms with Gasteiger partial charge in [-0.1, -0.05) is 0 Å². The number of rotatable bonds is 3. The average Bonchev–Trinajstić information content (AvgIpc) is 2.30. The molecule has 1 fully saturated rings. The van der Waals surface area contributed by atoms with E-state index in [4.69, 9.17) is 0 Å². The van der Waals surface area contributed by atoms with Crippen molar-refractivity contribution in [2.24, 2.45) is 5.92 Å². The van der Waals surface area contributed by atoms with Crippen LogP contribution in [0.25, 0.3) is 0 Å². The van der Waals surface area contributed by atoms with E-state index in [0.717, 1.165) is 25.3 Å². The van der Waals surface area contributed by atoms with Gasteiger partial charge in [-0.3, -0.25) is 0 Å². The van der Waals surface area contributed by atoms with Crippen molar-refractivity contribution in [2.45, 2.75) is 12.8 Å². The molecule has 0 saturated carbocycles. The molecule has 0 radical (unpaired) electrons. The first-order chi connectivity index (χ1) is 7.34. The Morgan fingerprint density at radius 3 is 2.80 bits per heavy atom. The van der Waals surface area contributed by atoms with Crippen molar-refractivity contribution in [3.63, 3.8) is 0 Å². The van der Waals surface area contributed by atoms with Crippen molar-refractivity contribution >= 4 is 5.69 Å². The molecule has 0 aliphatic carbocycles. The Labute approximate surface area is 89.9 Å². The van der Waals surface area contributed by atoms with Gasteiger partial charge in [0.15, 0.2) is 0 Å². The van der Waals surface area contributed by atoms with Crippen molar-refractivity contribution in [3.8, 4) is 0 Å². The summed E-state index contributed by atoms with van der Waals surface area (Å²) in [5.41, 5.74) is 1.00. The van der Waals surface area contributed by atoms with Crippen LogP contribution >= 0.6 is 0 Å². The van der Waals surface area contributed by atoms with Crippen LogP contribution < -0.4 is 10.6 Å². The molecule has 2 rings (SSSR count). The Hall–Kier alpha value is -1.09. The van der Waals surface area contributed by atoms with Gasteiger partial charge in [0.1, 0.15) is 5.82 Å². The van der Waals surface area contributed by atoms with E-state index in [9.17, 15) is 4.39 Å². The predicted molar refractivity (Wildman–Crippen MR) is 60.5 cm³/mol. The second-order valence-electron chi connectivity index (χ2n) is 4.10. The Morgan fingerprint density at radius 2 is 2.13 bits per heavy atom. The van der Waals surface area contributed by atoms with Gasteiger partial charge in [0.25, 0.3) is 0 Å². The number of hydrogen-bond acceptors (Lipinski definition) is 2. The minimum absolute atomic E-state index is 0.181. The highest BCUT2D eigenvalue weighted by atomic mass is 19.1. The third kappa shape index (κ3) is 3.20. The fourth-order valence-electron chi connectivity index (χ4n) is 1.93. The fourth-order valence-corrected chi connectivity index (χ4v) is 1.93. The van der Waals surface area contributed by atoms with Crippen molar-refractivity contribution in [2.75, 3.05) is 25.0 Å². The maximum absolute atomic E-state index is 12.6. The number of halogens is 1. The molecular formula is C12H17FN2. The van der Waals surface area contributed by atoms with Crippen LogP contribution in [0.2, 0.25) is 0 Å². The molecule has 15 heavy (non-hydrogen) atoms. The van der Waals surface area contributed by atoms with Gasteiger partial charge in [0.2, 0.25) is 0 Å². The molecule has 1 aliphatic heterocycles. The van der Waals surface area contributed by atoms with E-state index in [0.29, 0.717) is 5.92 Å². The highest BCUT2D eigenvalue weighted by Gasteiger charge is 2.11. The zero-order valence-corrected chi connectivity index (χ0v) is 8.80. The summed E-state index contributed by atoms with van der Waals surface area (Å²) in [4.78, 5) is 0. The zero-order chi connectivity index (χ0) is 10.5. The second kappa shape index (κ2) is 5.12. The largest absolute Gasteiger partial charge is 0.385 e. The molecule has 0 bridgehead atoms. The quantitative estimate of drug-likeness (QED) is 0.796. The summed E-state index contributed by atoms with van der Waals surface area (Å²) in [6, 6.07) is 6.54. The first-order valence-electron chi connectivity index (χ1n) is 5.55. The molecule has 1 aromatic carbocycles. The number of piperidine rings is 1. The van der Waals surface area contributed by atoms with Crippen LogP contribution in [0.1, 0.15) is 12.8 Å². The van der Waals surface area contributed by atoms with E-state index in [1.165, 1.54) is 25.0 Å². The molecule has 0 spiro atoms. The van der Waals surface area contributed by atoms with Crippen LogP contribution in [0, 0.1) is 11.7 Å². The van der Waals surface area contributed by atoms with Crippen molar-refractivity contribution in [1.29, 1.82) is 0 Å². The molecule has 82 valence electrons. The van der Waals surface area contributed by atoms with Gasteiger partial charge in [-0.05, 0) is 56.1 Å². The third-order valence-corrected chi connectivity index (χ3v) is 2.84. The third-order valence-electron chi connectivity index (χ3n) is 2.84. The Balaban J connectivity index is 1.79. The van der Waals surface area contributed by atoms with Gasteiger partial charge in [0, 0.05) is 12.2 Å². The minimum Gasteiger partial charge on any atom is -0.385 e. The molecule has 1 saturated heterocycles. The molecule has 3 heteroatoms. The molecule has 1 atom stereocenters. The summed E-state index contributed by atoms with van der Waals surface area (Å²) in [7, 11) is 0. The van der Waals surface area contributed by atoms with Crippen LogP contribution in [0.3, 0.4) is 0 Å². The number of hydrogen-bond donors (Lipinski definition) is 2. The highest BCUT2D eigenvalue weighted by molar-refractivity contribution is 5.42. The van der Waals surface area contributed by atoms with E-state index in [1.807, 2.05) is 0 Å². The molecule has 0 amide bonds. The zero-order valence-electron chi connectivity index (χ0n) is 8.80. The maximum Gasteiger partial charge on any atom is 0.123 e. The first-order valence-corrected chi connectivity index (χ1v) is 5.55. The maximum atomic E-state index is 12.6. The predicted octanol–water partition coefficient (Wildman–Crippen LogP) is 2.24. The van der Waals surface area contributed by atoms with Gasteiger partial charge in [0.05, 0.1) is 0 Å². The SMILES string of the molecule is Fc1ccc(NC[C@H]2CCCNC2)cc1. The lowest BCUT2D eigenvalue weighted by Gasteiger charge is -2.23. The fraction of sp³-hybridized carbons (Fsp3) is 0.500. The van der Waals surface area contributed by atoms with Crippen LogP contribution in [0.5, 0.6) is 0 Å². The summed E-state index contributed by atoms with van der Waals surface area (Å²) in [6.45, 7) is 3.21. The average molecular weight is 208 g/mol. The number of benzene rings is 1. The molecule has 1 aliphatic rings. The summed E-state index contributed by atoms with van der Waals surface area (Å²) >= 11 is 0. The summed E-state index contributed by atoms with van der Waals surface area (Å²) in [5, 5.41) is 6.72. The Bertz CT molecular complexity index is 291. The lowest BCUT2D eigenvalue weighted by molar-refractivity contribution is 0.393. The normalized spacial score (nSPS) is 21.3. The Kier molecular flexibility index (Phi) is 3.56. The molecule has 2 nitrogen and oxygen atoms in total. The topological polar surface area (TPSA) is 24.1 Å². The molecule has 0 unspecified atom stereocenters. The standard InChI is InChI=1S/C12H17FN2/c13-11-3-5-12(6-4-11)15-9-10-2-1-7-14-8-10/h3-6,10,14-15H,1-2,7-9H2/t10-/m0/s1. The van der Waals surface area contributed by atoms with Gasteiger partial charge in [-0.15, -0.1) is 0 Å². The summed E-state index contributed by atoms with van der Waals surface area (Å²) in [5.74, 6) is 0.517. The van der Waals surface area contributed by atoms with E-state index in [1.54, 1.807) is 12.1 Å². The monoisotopic (exact) mass is 208 g/mol. The van der Waals surface area contributed by atoms with E-state index in [-0.39, 0.29) is 5.82 Å². The Morgan fingerprint density at radius 1 is 1.33 bits per heavy atom. The van der Waals surface area contributed by atoms with Gasteiger partial charge in [-0.25, -0.2) is 4.39 Å². The second-order valence-corrected chi connectivity index (χ2v) is 4.10. The minimum atomic E-state index is -0.181. The smallest absolute Gasteiger partial charge is 0.123 e.